The minimum atomic E-state index is -4.99. The number of allylic oxidation sites excluding steroid dienone is 20. The average Bonchev–Trinajstić information content (AvgIpc) is 0.946. The van der Waals surface area contributed by atoms with Gasteiger partial charge in [-0.2, -0.15) is 0 Å². The summed E-state index contributed by atoms with van der Waals surface area (Å²) >= 11 is 0. The Bertz CT molecular complexity index is 2370. The summed E-state index contributed by atoms with van der Waals surface area (Å²) in [5, 5.41) is 10.6. The first-order chi connectivity index (χ1) is 48.7. The van der Waals surface area contributed by atoms with Gasteiger partial charge in [0.05, 0.1) is 26.4 Å². The number of hydrogen-bond acceptors (Lipinski definition) is 15. The molecule has 0 aromatic rings. The van der Waals surface area contributed by atoms with E-state index in [1.165, 1.54) is 44.9 Å². The van der Waals surface area contributed by atoms with Crippen LogP contribution in [0.2, 0.25) is 0 Å². The maximum atomic E-state index is 13.1. The lowest BCUT2D eigenvalue weighted by Crippen LogP contribution is -2.30. The van der Waals surface area contributed by atoms with Crippen molar-refractivity contribution < 1.29 is 80.2 Å². The Morgan fingerprint density at radius 2 is 0.540 bits per heavy atom. The first-order valence-electron chi connectivity index (χ1n) is 38.8. The van der Waals surface area contributed by atoms with Crippen LogP contribution >= 0.6 is 15.6 Å². The van der Waals surface area contributed by atoms with E-state index in [9.17, 15) is 43.2 Å². The van der Waals surface area contributed by atoms with Crippen molar-refractivity contribution in [3.63, 3.8) is 0 Å². The highest BCUT2D eigenvalue weighted by Gasteiger charge is 2.30. The highest BCUT2D eigenvalue weighted by atomic mass is 31.2. The molecule has 0 saturated carbocycles. The fourth-order valence-electron chi connectivity index (χ4n) is 9.96. The minimum Gasteiger partial charge on any atom is -0.462 e. The number of rotatable bonds is 72. The molecule has 0 rings (SSSR count). The van der Waals surface area contributed by atoms with Crippen molar-refractivity contribution in [3.8, 4) is 0 Å². The predicted molar refractivity (Wildman–Crippen MR) is 408 cm³/mol. The number of phosphoric acid groups is 2. The SMILES string of the molecule is CC/C=C\C/C=C\C/C=C\C/C=C\C/C=C\CCCCCC(=O)OCC(COP(=O)(O)OCC(O)COP(=O)(O)OCC(COC(=O)CCCCCCC/C=C\C/C=C\CCC)OC(=O)CCCCCCC/C=C\CCCCCC)OC(=O)CCCCCCC/C=C\C/C=C\CCCCC. The smallest absolute Gasteiger partial charge is 0.462 e. The molecule has 100 heavy (non-hydrogen) atoms. The molecule has 0 saturated heterocycles. The fraction of sp³-hybridized carbons (Fsp3) is 0.704. The van der Waals surface area contributed by atoms with Crippen LogP contribution in [0, 0.1) is 0 Å². The largest absolute Gasteiger partial charge is 0.472 e. The van der Waals surface area contributed by atoms with E-state index in [4.69, 9.17) is 37.0 Å². The number of esters is 4. The number of carbonyl (C=O) groups is 4. The number of phosphoric ester groups is 2. The van der Waals surface area contributed by atoms with Gasteiger partial charge in [0.15, 0.2) is 12.2 Å². The molecule has 0 aliphatic carbocycles. The van der Waals surface area contributed by atoms with Crippen LogP contribution < -0.4 is 0 Å². The van der Waals surface area contributed by atoms with E-state index >= 15 is 0 Å². The van der Waals surface area contributed by atoms with Crippen molar-refractivity contribution in [3.05, 3.63) is 122 Å². The second-order valence-electron chi connectivity index (χ2n) is 25.6. The fourth-order valence-corrected chi connectivity index (χ4v) is 11.5. The molecule has 0 heterocycles. The molecule has 0 aromatic carbocycles. The van der Waals surface area contributed by atoms with Crippen molar-refractivity contribution >= 4 is 39.5 Å². The van der Waals surface area contributed by atoms with Crippen LogP contribution in [-0.4, -0.2) is 96.7 Å². The second kappa shape index (κ2) is 72.8. The number of aliphatic hydroxyl groups excluding tert-OH is 1. The molecule has 0 radical (unpaired) electrons. The van der Waals surface area contributed by atoms with Crippen LogP contribution in [0.5, 0.6) is 0 Å². The number of aliphatic hydroxyl groups is 1. The second-order valence-corrected chi connectivity index (χ2v) is 28.5. The van der Waals surface area contributed by atoms with Crippen LogP contribution in [0.4, 0.5) is 0 Å². The predicted octanol–water partition coefficient (Wildman–Crippen LogP) is 22.3. The Morgan fingerprint density at radius 1 is 0.290 bits per heavy atom. The van der Waals surface area contributed by atoms with E-state index in [0.717, 1.165) is 186 Å². The van der Waals surface area contributed by atoms with Gasteiger partial charge in [-0.15, -0.1) is 0 Å². The van der Waals surface area contributed by atoms with Gasteiger partial charge in [0, 0.05) is 25.7 Å². The normalized spacial score (nSPS) is 14.6. The van der Waals surface area contributed by atoms with E-state index in [-0.39, 0.29) is 25.7 Å². The van der Waals surface area contributed by atoms with E-state index in [2.05, 4.69) is 149 Å². The van der Waals surface area contributed by atoms with Gasteiger partial charge in [-0.05, 0) is 154 Å². The topological polar surface area (TPSA) is 237 Å². The highest BCUT2D eigenvalue weighted by Crippen LogP contribution is 2.45. The molecule has 574 valence electrons. The summed E-state index contributed by atoms with van der Waals surface area (Å²) in [6, 6.07) is 0. The van der Waals surface area contributed by atoms with Crippen LogP contribution in [0.3, 0.4) is 0 Å². The third kappa shape index (κ3) is 71.8. The van der Waals surface area contributed by atoms with Crippen LogP contribution in [0.25, 0.3) is 0 Å². The Morgan fingerprint density at radius 3 is 0.880 bits per heavy atom. The molecule has 0 bridgehead atoms. The minimum absolute atomic E-state index is 0.0687. The van der Waals surface area contributed by atoms with E-state index in [1.807, 2.05) is 0 Å². The lowest BCUT2D eigenvalue weighted by atomic mass is 10.1. The third-order valence-corrected chi connectivity index (χ3v) is 17.8. The summed E-state index contributed by atoms with van der Waals surface area (Å²) in [7, 11) is -9.97. The van der Waals surface area contributed by atoms with Crippen LogP contribution in [0.1, 0.15) is 310 Å². The van der Waals surface area contributed by atoms with Crippen LogP contribution in [-0.2, 0) is 65.4 Å². The third-order valence-electron chi connectivity index (χ3n) is 15.9. The Kier molecular flexibility index (Phi) is 69.5. The summed E-state index contributed by atoms with van der Waals surface area (Å²) in [5.41, 5.74) is 0. The first kappa shape index (κ1) is 95.5. The molecular weight excluding hydrogens is 1310 g/mol. The van der Waals surface area contributed by atoms with Crippen molar-refractivity contribution in [1.29, 1.82) is 0 Å². The summed E-state index contributed by atoms with van der Waals surface area (Å²) in [5.74, 6) is -2.25. The summed E-state index contributed by atoms with van der Waals surface area (Å²) in [6.45, 7) is 4.58. The first-order valence-corrected chi connectivity index (χ1v) is 41.8. The molecule has 3 N–H and O–H groups in total. The number of hydrogen-bond donors (Lipinski definition) is 3. The summed E-state index contributed by atoms with van der Waals surface area (Å²) in [4.78, 5) is 72.9. The monoisotopic (exact) mass is 1440 g/mol. The molecule has 0 aliphatic rings. The molecule has 0 aromatic heterocycles. The van der Waals surface area contributed by atoms with E-state index in [0.29, 0.717) is 25.7 Å². The van der Waals surface area contributed by atoms with Gasteiger partial charge in [0.2, 0.25) is 0 Å². The molecule has 5 atom stereocenters. The molecular formula is C81H138O17P2. The zero-order valence-electron chi connectivity index (χ0n) is 62.6. The zero-order chi connectivity index (χ0) is 73.2. The molecule has 0 aliphatic heterocycles. The van der Waals surface area contributed by atoms with E-state index < -0.39 is 97.5 Å². The summed E-state index contributed by atoms with van der Waals surface area (Å²) < 4.78 is 68.5. The lowest BCUT2D eigenvalue weighted by molar-refractivity contribution is -0.161. The standard InChI is InChI=1S/C81H138O17P2/c1-5-9-13-17-21-25-29-33-35-36-37-38-40-43-46-50-54-58-62-66-79(84)92-72-77(98-81(86)68-64-60-56-52-48-44-39-34-30-26-22-18-14-10-6-2)74-96-100(89,90)94-70-75(82)69-93-99(87,88)95-73-76(97-80(85)67-63-59-55-51-47-42-32-28-24-20-16-12-8-4)71-91-78(83)65-61-57-53-49-45-41-31-27-23-19-15-11-7-3/h9,13,15,19,21-22,25-28,31-35,37-39,43,46,75-77,82H,5-8,10-12,14,16-18,20,23-24,29-30,36,40-42,44-45,47-74H2,1-4H3,(H,87,88)(H,89,90)/b13-9-,19-15-,25-21-,26-22-,31-27-,32-28-,35-33-,38-37-,39-34-,46-43-. The molecule has 5 unspecified atom stereocenters. The van der Waals surface area contributed by atoms with Gasteiger partial charge in [-0.3, -0.25) is 37.3 Å². The lowest BCUT2D eigenvalue weighted by Gasteiger charge is -2.21. The van der Waals surface area contributed by atoms with Crippen LogP contribution in [0.15, 0.2) is 122 Å². The van der Waals surface area contributed by atoms with Gasteiger partial charge in [0.25, 0.3) is 0 Å². The number of ether oxygens (including phenoxy) is 4. The Labute approximate surface area is 606 Å². The average molecular weight is 1450 g/mol. The number of carbonyl (C=O) groups excluding carboxylic acids is 4. The molecule has 19 heteroatoms. The molecule has 0 spiro atoms. The molecule has 0 amide bonds. The van der Waals surface area contributed by atoms with Gasteiger partial charge in [-0.25, -0.2) is 9.13 Å². The number of unbranched alkanes of at least 4 members (excludes halogenated alkanes) is 26. The maximum Gasteiger partial charge on any atom is 0.472 e. The van der Waals surface area contributed by atoms with Gasteiger partial charge in [-0.1, -0.05) is 252 Å². The Hall–Kier alpha value is -4.54. The maximum absolute atomic E-state index is 13.1. The Balaban J connectivity index is 5.40. The summed E-state index contributed by atoms with van der Waals surface area (Å²) in [6.07, 6.45) is 79.0. The van der Waals surface area contributed by atoms with Gasteiger partial charge < -0.3 is 33.8 Å². The van der Waals surface area contributed by atoms with E-state index in [1.54, 1.807) is 0 Å². The van der Waals surface area contributed by atoms with Crippen molar-refractivity contribution in [1.82, 2.24) is 0 Å². The van der Waals surface area contributed by atoms with Gasteiger partial charge in [0.1, 0.15) is 19.3 Å². The van der Waals surface area contributed by atoms with Crippen molar-refractivity contribution in [2.75, 3.05) is 39.6 Å². The molecule has 0 fully saturated rings. The highest BCUT2D eigenvalue weighted by molar-refractivity contribution is 7.47. The quantitative estimate of drug-likeness (QED) is 0.0169. The molecule has 17 nitrogen and oxygen atoms in total. The van der Waals surface area contributed by atoms with Gasteiger partial charge >= 0.3 is 39.5 Å². The van der Waals surface area contributed by atoms with Crippen molar-refractivity contribution in [2.45, 2.75) is 329 Å². The van der Waals surface area contributed by atoms with Crippen molar-refractivity contribution in [2.24, 2.45) is 0 Å². The zero-order valence-corrected chi connectivity index (χ0v) is 64.4.